The molecule has 0 aliphatic carbocycles. The van der Waals surface area contributed by atoms with Crippen LogP contribution in [0.25, 0.3) is 0 Å². The van der Waals surface area contributed by atoms with Crippen LogP contribution in [0.3, 0.4) is 0 Å². The molecule has 0 aliphatic heterocycles. The Morgan fingerprint density at radius 3 is 0.635 bits per heavy atom. The highest BCUT2D eigenvalue weighted by atomic mass is 31.1. The van der Waals surface area contributed by atoms with Crippen molar-refractivity contribution in [3.63, 3.8) is 0 Å². The number of carbonyl (C=O) groups is 1. The molecule has 2 N–H and O–H groups in total. The van der Waals surface area contributed by atoms with Gasteiger partial charge in [0.25, 0.3) is 0 Å². The Labute approximate surface area is 506 Å². The highest BCUT2D eigenvalue weighted by molar-refractivity contribution is 7.32. The number of nitrogens with one attached hydrogen (secondary N) is 1. The molecule has 0 aromatic heterocycles. The van der Waals surface area contributed by atoms with Crippen molar-refractivity contribution in [3.8, 4) is 0 Å². The molecule has 0 saturated carbocycles. The number of ether oxygens (including phenoxy) is 24. The molecule has 0 fully saturated rings. The molecule has 31 heteroatoms. The Kier molecular flexibility index (Phi) is 75.6. The van der Waals surface area contributed by atoms with Crippen molar-refractivity contribution in [2.24, 2.45) is 0 Å². The van der Waals surface area contributed by atoms with Gasteiger partial charge in [-0.2, -0.15) is 0 Å². The topological polar surface area (TPSA) is 300 Å². The standard InChI is InChI=1S/C54H111N2O28P/c1-56(53-84-85(58)59)5-3-54(57)55-4-6-61-9-10-63-13-14-65-17-18-67-21-22-69-25-26-71-29-30-73-33-34-75-37-38-77-41-42-79-45-46-81-49-50-83-52-51-82-48-47-80-44-43-78-40-39-76-36-35-74-32-31-72-28-27-70-24-23-68-20-19-66-16-15-64-12-11-62-8-7-60-2/h85H,3-53H2,1-2H3,(H,55,57)(H,58,59). The van der Waals surface area contributed by atoms with Gasteiger partial charge in [-0.05, 0) is 7.05 Å². The second kappa shape index (κ2) is 76.9. The summed E-state index contributed by atoms with van der Waals surface area (Å²) >= 11 is 0. The molecule has 0 aromatic carbocycles. The smallest absolute Gasteiger partial charge is 0.317 e. The number of rotatable bonds is 78. The van der Waals surface area contributed by atoms with Gasteiger partial charge in [-0.15, -0.1) is 0 Å². The van der Waals surface area contributed by atoms with E-state index in [0.29, 0.717) is 324 Å². The fourth-order valence-electron chi connectivity index (χ4n) is 5.96. The maximum absolute atomic E-state index is 11.8. The zero-order valence-corrected chi connectivity index (χ0v) is 52.5. The van der Waals surface area contributed by atoms with Crippen molar-refractivity contribution < 1.29 is 132 Å². The van der Waals surface area contributed by atoms with Crippen molar-refractivity contribution in [1.82, 2.24) is 10.2 Å². The molecule has 1 unspecified atom stereocenters. The third kappa shape index (κ3) is 78.7. The van der Waals surface area contributed by atoms with E-state index in [2.05, 4.69) is 9.84 Å². The van der Waals surface area contributed by atoms with Crippen molar-refractivity contribution in [2.75, 3.05) is 345 Å². The van der Waals surface area contributed by atoms with Crippen LogP contribution in [0.2, 0.25) is 0 Å². The highest BCUT2D eigenvalue weighted by Crippen LogP contribution is 2.14. The summed E-state index contributed by atoms with van der Waals surface area (Å²) in [5, 5.41) is 2.75. The SMILES string of the molecule is COCCOCCOCCOCCOCCOCCOCCOCCOCCOCCOCCOCCOCCOCCOCCOCCOCCOCCOCCOCCOCCOCCOCCOCCNC(=O)CCN(C)CO[PH](=O)O. The van der Waals surface area contributed by atoms with Crippen LogP contribution in [-0.4, -0.2) is 360 Å². The summed E-state index contributed by atoms with van der Waals surface area (Å²) in [5.41, 5.74) is 0. The van der Waals surface area contributed by atoms with Crippen LogP contribution in [0.4, 0.5) is 0 Å². The van der Waals surface area contributed by atoms with Gasteiger partial charge in [0.1, 0.15) is 6.73 Å². The first-order valence-electron chi connectivity index (χ1n) is 29.6. The molecule has 510 valence electrons. The van der Waals surface area contributed by atoms with Crippen LogP contribution in [0.1, 0.15) is 6.42 Å². The van der Waals surface area contributed by atoms with Gasteiger partial charge in [-0.1, -0.05) is 0 Å². The minimum atomic E-state index is -2.97. The lowest BCUT2D eigenvalue weighted by Gasteiger charge is -2.15. The molecular formula is C54H111N2O28P. The Morgan fingerprint density at radius 1 is 0.306 bits per heavy atom. The lowest BCUT2D eigenvalue weighted by Crippen LogP contribution is -2.31. The van der Waals surface area contributed by atoms with Crippen LogP contribution in [0, 0.1) is 0 Å². The molecule has 0 rings (SSSR count). The highest BCUT2D eigenvalue weighted by Gasteiger charge is 2.06. The second-order valence-electron chi connectivity index (χ2n) is 17.3. The second-order valence-corrected chi connectivity index (χ2v) is 18.1. The minimum absolute atomic E-state index is 0.00845. The zero-order chi connectivity index (χ0) is 61.2. The van der Waals surface area contributed by atoms with Crippen LogP contribution >= 0.6 is 8.25 Å². The molecule has 1 amide bonds. The Bertz CT molecular complexity index is 1290. The molecule has 1 atom stereocenters. The van der Waals surface area contributed by atoms with E-state index in [9.17, 15) is 9.36 Å². The minimum Gasteiger partial charge on any atom is -0.382 e. The largest absolute Gasteiger partial charge is 0.382 e. The van der Waals surface area contributed by atoms with Crippen LogP contribution in [0.5, 0.6) is 0 Å². The maximum atomic E-state index is 11.8. The van der Waals surface area contributed by atoms with Gasteiger partial charge in [-0.3, -0.25) is 18.8 Å². The first-order chi connectivity index (χ1) is 42.1. The van der Waals surface area contributed by atoms with E-state index in [1.165, 1.54) is 0 Å². The van der Waals surface area contributed by atoms with Crippen LogP contribution in [0.15, 0.2) is 0 Å². The molecule has 0 aliphatic rings. The van der Waals surface area contributed by atoms with Gasteiger partial charge in [0, 0.05) is 26.6 Å². The molecule has 0 aromatic rings. The number of methoxy groups -OCH3 is 1. The van der Waals surface area contributed by atoms with E-state index in [-0.39, 0.29) is 19.1 Å². The molecule has 0 heterocycles. The van der Waals surface area contributed by atoms with Gasteiger partial charge < -0.3 is 124 Å². The van der Waals surface area contributed by atoms with Gasteiger partial charge in [0.05, 0.1) is 311 Å². The average molecular weight is 1270 g/mol. The number of nitrogens with zero attached hydrogens (tertiary/aromatic N) is 1. The summed E-state index contributed by atoms with van der Waals surface area (Å²) < 4.78 is 146. The van der Waals surface area contributed by atoms with Crippen molar-refractivity contribution >= 4 is 14.2 Å². The number of hydrogen-bond acceptors (Lipinski definition) is 28. The summed E-state index contributed by atoms with van der Waals surface area (Å²) in [7, 11) is 0.361. The van der Waals surface area contributed by atoms with Crippen molar-refractivity contribution in [2.45, 2.75) is 6.42 Å². The van der Waals surface area contributed by atoms with E-state index >= 15 is 0 Å². The molecule has 0 saturated heterocycles. The van der Waals surface area contributed by atoms with Crippen molar-refractivity contribution in [1.29, 1.82) is 0 Å². The molecule has 0 spiro atoms. The summed E-state index contributed by atoms with van der Waals surface area (Å²) in [5.74, 6) is -0.138. The third-order valence-corrected chi connectivity index (χ3v) is 10.7. The van der Waals surface area contributed by atoms with E-state index < -0.39 is 8.25 Å². The summed E-state index contributed by atoms with van der Waals surface area (Å²) in [6.45, 7) is 23.4. The Hall–Kier alpha value is -1.38. The fourth-order valence-corrected chi connectivity index (χ4v) is 6.29. The van der Waals surface area contributed by atoms with Gasteiger partial charge in [-0.25, -0.2) is 0 Å². The first-order valence-corrected chi connectivity index (χ1v) is 30.9. The molecule has 0 radical (unpaired) electrons. The van der Waals surface area contributed by atoms with Gasteiger partial charge >= 0.3 is 8.25 Å². The average Bonchev–Trinajstić information content (AvgIpc) is 3.50. The quantitative estimate of drug-likeness (QED) is 0.0453. The van der Waals surface area contributed by atoms with Crippen molar-refractivity contribution in [3.05, 3.63) is 0 Å². The van der Waals surface area contributed by atoms with E-state index in [1.807, 2.05) is 0 Å². The Morgan fingerprint density at radius 2 is 0.471 bits per heavy atom. The number of amides is 1. The number of carbonyl (C=O) groups excluding carboxylic acids is 1. The molecule has 0 bridgehead atoms. The monoisotopic (exact) mass is 1270 g/mol. The maximum Gasteiger partial charge on any atom is 0.317 e. The van der Waals surface area contributed by atoms with E-state index in [0.717, 1.165) is 0 Å². The predicted molar refractivity (Wildman–Crippen MR) is 308 cm³/mol. The van der Waals surface area contributed by atoms with Crippen LogP contribution in [-0.2, 0) is 128 Å². The van der Waals surface area contributed by atoms with Crippen LogP contribution < -0.4 is 5.32 Å². The molecule has 85 heavy (non-hydrogen) atoms. The summed E-state index contributed by atoms with van der Waals surface area (Å²) in [4.78, 5) is 22.1. The summed E-state index contributed by atoms with van der Waals surface area (Å²) in [6.07, 6.45) is 0.246. The summed E-state index contributed by atoms with van der Waals surface area (Å²) in [6, 6.07) is 0. The van der Waals surface area contributed by atoms with E-state index in [4.69, 9.17) is 119 Å². The molecule has 30 nitrogen and oxygen atoms in total. The van der Waals surface area contributed by atoms with E-state index in [1.54, 1.807) is 19.1 Å². The normalized spacial score (nSPS) is 12.1. The predicted octanol–water partition coefficient (Wildman–Crippen LogP) is -0.191. The lowest BCUT2D eigenvalue weighted by molar-refractivity contribution is -0.121. The first kappa shape index (κ1) is 83.6. The Balaban J connectivity index is 3.11. The fraction of sp³-hybridized carbons (Fsp3) is 0.981. The van der Waals surface area contributed by atoms with Gasteiger partial charge in [0.2, 0.25) is 5.91 Å². The number of hydrogen-bond donors (Lipinski definition) is 2. The zero-order valence-electron chi connectivity index (χ0n) is 51.5. The third-order valence-electron chi connectivity index (χ3n) is 10.3. The van der Waals surface area contributed by atoms with Gasteiger partial charge in [0.15, 0.2) is 0 Å². The molecular weight excluding hydrogens is 1160 g/mol. The lowest BCUT2D eigenvalue weighted by atomic mass is 10.4.